The van der Waals surface area contributed by atoms with Crippen LogP contribution in [0, 0.1) is 5.41 Å². The number of nitrogens with zero attached hydrogens (tertiary/aromatic N) is 1. The summed E-state index contributed by atoms with van der Waals surface area (Å²) in [7, 11) is 0. The van der Waals surface area contributed by atoms with Gasteiger partial charge in [-0.1, -0.05) is 27.7 Å². The fraction of sp³-hybridized carbons (Fsp3) is 0.923. The number of hydrogen-bond donors (Lipinski definition) is 1. The number of carbonyl (C=O) groups is 1. The molecule has 0 saturated carbocycles. The molecule has 94 valence electrons. The summed E-state index contributed by atoms with van der Waals surface area (Å²) < 4.78 is 0. The molecule has 1 rings (SSSR count). The van der Waals surface area contributed by atoms with Crippen LogP contribution in [-0.4, -0.2) is 36.5 Å². The topological polar surface area (TPSA) is 32.3 Å². The molecule has 0 aromatic rings. The van der Waals surface area contributed by atoms with E-state index in [0.717, 1.165) is 13.0 Å². The van der Waals surface area contributed by atoms with E-state index in [4.69, 9.17) is 0 Å². The molecule has 1 heterocycles. The molecule has 1 saturated heterocycles. The van der Waals surface area contributed by atoms with E-state index in [0.29, 0.717) is 6.04 Å². The molecule has 1 N–H and O–H groups in total. The van der Waals surface area contributed by atoms with Gasteiger partial charge in [0, 0.05) is 18.0 Å². The van der Waals surface area contributed by atoms with Gasteiger partial charge in [0.05, 0.1) is 0 Å². The zero-order valence-corrected chi connectivity index (χ0v) is 11.2. The van der Waals surface area contributed by atoms with Crippen molar-refractivity contribution in [2.24, 2.45) is 5.41 Å². The van der Waals surface area contributed by atoms with Gasteiger partial charge in [-0.3, -0.25) is 4.79 Å². The van der Waals surface area contributed by atoms with Crippen LogP contribution in [0.15, 0.2) is 0 Å². The van der Waals surface area contributed by atoms with Crippen molar-refractivity contribution in [3.8, 4) is 0 Å². The van der Waals surface area contributed by atoms with Crippen molar-refractivity contribution >= 4 is 5.91 Å². The summed E-state index contributed by atoms with van der Waals surface area (Å²) in [5.74, 6) is 0.165. The Morgan fingerprint density at radius 3 is 2.31 bits per heavy atom. The highest BCUT2D eigenvalue weighted by Gasteiger charge is 2.24. The lowest BCUT2D eigenvalue weighted by Gasteiger charge is -2.27. The molecule has 1 amide bonds. The Kier molecular flexibility index (Phi) is 4.78. The first-order chi connectivity index (χ1) is 7.43. The molecule has 0 bridgehead atoms. The average Bonchev–Trinajstić information content (AvgIpc) is 2.67. The summed E-state index contributed by atoms with van der Waals surface area (Å²) in [5.41, 5.74) is -0.279. The normalized spacial score (nSPS) is 19.8. The number of hydrogen-bond acceptors (Lipinski definition) is 2. The second-order valence-corrected chi connectivity index (χ2v) is 5.84. The molecule has 0 radical (unpaired) electrons. The summed E-state index contributed by atoms with van der Waals surface area (Å²) in [6.45, 7) is 11.4. The van der Waals surface area contributed by atoms with Crippen molar-refractivity contribution in [3.05, 3.63) is 0 Å². The van der Waals surface area contributed by atoms with Gasteiger partial charge in [0.2, 0.25) is 5.91 Å². The van der Waals surface area contributed by atoms with E-state index in [9.17, 15) is 4.79 Å². The minimum Gasteiger partial charge on any atom is -0.352 e. The van der Waals surface area contributed by atoms with Gasteiger partial charge in [-0.2, -0.15) is 0 Å². The standard InChI is InChI=1S/C13H26N2O/c1-5-11(10-15-8-6-7-9-15)14-12(16)13(2,3)4/h11H,5-10H2,1-4H3,(H,14,16)/t11-/m1/s1. The summed E-state index contributed by atoms with van der Waals surface area (Å²) in [6.07, 6.45) is 3.63. The quantitative estimate of drug-likeness (QED) is 0.795. The van der Waals surface area contributed by atoms with Gasteiger partial charge in [-0.25, -0.2) is 0 Å². The molecule has 0 spiro atoms. The Labute approximate surface area is 99.6 Å². The maximum Gasteiger partial charge on any atom is 0.225 e. The van der Waals surface area contributed by atoms with Gasteiger partial charge in [0.25, 0.3) is 0 Å². The number of amides is 1. The second-order valence-electron chi connectivity index (χ2n) is 5.84. The van der Waals surface area contributed by atoms with Crippen LogP contribution in [-0.2, 0) is 4.79 Å². The Balaban J connectivity index is 2.39. The van der Waals surface area contributed by atoms with Crippen molar-refractivity contribution < 1.29 is 4.79 Å². The predicted molar refractivity (Wildman–Crippen MR) is 67.4 cm³/mol. The van der Waals surface area contributed by atoms with E-state index in [2.05, 4.69) is 17.1 Å². The predicted octanol–water partition coefficient (Wildman–Crippen LogP) is 2.02. The molecule has 16 heavy (non-hydrogen) atoms. The summed E-state index contributed by atoms with van der Waals surface area (Å²) in [5, 5.41) is 3.15. The number of likely N-dealkylation sites (tertiary alicyclic amines) is 1. The lowest BCUT2D eigenvalue weighted by atomic mass is 9.95. The van der Waals surface area contributed by atoms with E-state index in [-0.39, 0.29) is 11.3 Å². The number of rotatable bonds is 4. The zero-order chi connectivity index (χ0) is 12.2. The fourth-order valence-electron chi connectivity index (χ4n) is 1.96. The van der Waals surface area contributed by atoms with Crippen LogP contribution in [0.3, 0.4) is 0 Å². The third-order valence-corrected chi connectivity index (χ3v) is 3.19. The first-order valence-electron chi connectivity index (χ1n) is 6.47. The van der Waals surface area contributed by atoms with E-state index in [1.807, 2.05) is 20.8 Å². The molecule has 1 aliphatic rings. The third-order valence-electron chi connectivity index (χ3n) is 3.19. The maximum absolute atomic E-state index is 11.9. The Morgan fingerprint density at radius 1 is 1.31 bits per heavy atom. The van der Waals surface area contributed by atoms with E-state index in [1.165, 1.54) is 25.9 Å². The van der Waals surface area contributed by atoms with Crippen molar-refractivity contribution in [2.45, 2.75) is 53.0 Å². The first-order valence-corrected chi connectivity index (χ1v) is 6.47. The summed E-state index contributed by atoms with van der Waals surface area (Å²) in [4.78, 5) is 14.3. The molecule has 1 fully saturated rings. The average molecular weight is 226 g/mol. The van der Waals surface area contributed by atoms with Gasteiger partial charge in [-0.15, -0.1) is 0 Å². The Morgan fingerprint density at radius 2 is 1.88 bits per heavy atom. The van der Waals surface area contributed by atoms with Gasteiger partial charge in [-0.05, 0) is 32.4 Å². The number of nitrogens with one attached hydrogen (secondary N) is 1. The van der Waals surface area contributed by atoms with Crippen LogP contribution in [0.25, 0.3) is 0 Å². The first kappa shape index (κ1) is 13.5. The second kappa shape index (κ2) is 5.67. The van der Waals surface area contributed by atoms with Crippen molar-refractivity contribution in [3.63, 3.8) is 0 Å². The minimum atomic E-state index is -0.279. The lowest BCUT2D eigenvalue weighted by Crippen LogP contribution is -2.46. The molecular weight excluding hydrogens is 200 g/mol. The monoisotopic (exact) mass is 226 g/mol. The van der Waals surface area contributed by atoms with Gasteiger partial charge >= 0.3 is 0 Å². The van der Waals surface area contributed by atoms with Crippen molar-refractivity contribution in [1.29, 1.82) is 0 Å². The minimum absolute atomic E-state index is 0.165. The molecule has 3 heteroatoms. The van der Waals surface area contributed by atoms with Crippen molar-refractivity contribution in [1.82, 2.24) is 10.2 Å². The molecule has 1 atom stereocenters. The molecule has 1 aliphatic heterocycles. The highest BCUT2D eigenvalue weighted by Crippen LogP contribution is 2.14. The van der Waals surface area contributed by atoms with Crippen molar-refractivity contribution in [2.75, 3.05) is 19.6 Å². The van der Waals surface area contributed by atoms with Gasteiger partial charge in [0.1, 0.15) is 0 Å². The largest absolute Gasteiger partial charge is 0.352 e. The maximum atomic E-state index is 11.9. The molecule has 0 aromatic heterocycles. The van der Waals surface area contributed by atoms with Crippen LogP contribution < -0.4 is 5.32 Å². The fourth-order valence-corrected chi connectivity index (χ4v) is 1.96. The van der Waals surface area contributed by atoms with E-state index in [1.54, 1.807) is 0 Å². The molecular formula is C13H26N2O. The third kappa shape index (κ3) is 4.12. The van der Waals surface area contributed by atoms with Crippen LogP contribution in [0.5, 0.6) is 0 Å². The molecule has 0 aromatic carbocycles. The van der Waals surface area contributed by atoms with Gasteiger partial charge in [0.15, 0.2) is 0 Å². The van der Waals surface area contributed by atoms with Crippen LogP contribution in [0.1, 0.15) is 47.0 Å². The van der Waals surface area contributed by atoms with Crippen LogP contribution in [0.4, 0.5) is 0 Å². The highest BCUT2D eigenvalue weighted by atomic mass is 16.2. The van der Waals surface area contributed by atoms with Crippen LogP contribution >= 0.6 is 0 Å². The van der Waals surface area contributed by atoms with E-state index < -0.39 is 0 Å². The molecule has 3 nitrogen and oxygen atoms in total. The SMILES string of the molecule is CC[C@H](CN1CCCC1)NC(=O)C(C)(C)C. The van der Waals surface area contributed by atoms with Gasteiger partial charge < -0.3 is 10.2 Å². The lowest BCUT2D eigenvalue weighted by molar-refractivity contribution is -0.129. The molecule has 0 aliphatic carbocycles. The molecule has 0 unspecified atom stereocenters. The Bertz CT molecular complexity index is 227. The Hall–Kier alpha value is -0.570. The zero-order valence-electron chi connectivity index (χ0n) is 11.2. The summed E-state index contributed by atoms with van der Waals surface area (Å²) >= 11 is 0. The summed E-state index contributed by atoms with van der Waals surface area (Å²) in [6, 6.07) is 0.310. The smallest absolute Gasteiger partial charge is 0.225 e. The van der Waals surface area contributed by atoms with Crippen LogP contribution in [0.2, 0.25) is 0 Å². The van der Waals surface area contributed by atoms with E-state index >= 15 is 0 Å². The highest BCUT2D eigenvalue weighted by molar-refractivity contribution is 5.81. The number of carbonyl (C=O) groups excluding carboxylic acids is 1.